The van der Waals surface area contributed by atoms with Gasteiger partial charge in [0.25, 0.3) is 5.91 Å². The van der Waals surface area contributed by atoms with Gasteiger partial charge in [-0.15, -0.1) is 0 Å². The maximum atomic E-state index is 12.4. The van der Waals surface area contributed by atoms with Crippen molar-refractivity contribution in [2.75, 3.05) is 5.32 Å². The SMILES string of the molecule is N#Cc1cn2c(N[C@H]3CC[C@@H](NC(=O)c4ccc(Cl)cc4)CC3)cccc2n1. The first kappa shape index (κ1) is 18.3. The number of amides is 1. The lowest BCUT2D eigenvalue weighted by Gasteiger charge is -2.30. The molecule has 1 saturated carbocycles. The average Bonchev–Trinajstić information content (AvgIpc) is 3.14. The first-order valence-electron chi connectivity index (χ1n) is 9.33. The molecule has 0 unspecified atom stereocenters. The average molecular weight is 394 g/mol. The van der Waals surface area contributed by atoms with E-state index in [9.17, 15) is 4.79 Å². The zero-order valence-electron chi connectivity index (χ0n) is 15.2. The monoisotopic (exact) mass is 393 g/mol. The number of anilines is 1. The Hall–Kier alpha value is -3.04. The van der Waals surface area contributed by atoms with Gasteiger partial charge in [-0.1, -0.05) is 17.7 Å². The Morgan fingerprint density at radius 2 is 1.82 bits per heavy atom. The number of benzene rings is 1. The standard InChI is InChI=1S/C21H20ClN5O/c22-15-6-4-14(5-7-15)21(28)26-17-10-8-16(9-11-17)24-19-2-1-3-20-25-18(12-23)13-27(19)20/h1-7,13,16-17,24H,8-11H2,(H,26,28)/t16-,17+. The van der Waals surface area contributed by atoms with Crippen molar-refractivity contribution in [1.29, 1.82) is 5.26 Å². The number of imidazole rings is 1. The first-order chi connectivity index (χ1) is 13.6. The van der Waals surface area contributed by atoms with Crippen molar-refractivity contribution >= 4 is 29.0 Å². The highest BCUT2D eigenvalue weighted by Gasteiger charge is 2.23. The highest BCUT2D eigenvalue weighted by atomic mass is 35.5. The molecule has 2 aromatic heterocycles. The summed E-state index contributed by atoms with van der Waals surface area (Å²) in [6.45, 7) is 0. The summed E-state index contributed by atoms with van der Waals surface area (Å²) in [4.78, 5) is 16.6. The van der Waals surface area contributed by atoms with E-state index >= 15 is 0 Å². The van der Waals surface area contributed by atoms with Gasteiger partial charge in [0.1, 0.15) is 17.5 Å². The summed E-state index contributed by atoms with van der Waals surface area (Å²) in [5, 5.41) is 16.4. The van der Waals surface area contributed by atoms with E-state index in [1.807, 2.05) is 22.6 Å². The molecule has 0 atom stereocenters. The molecule has 1 aromatic carbocycles. The third kappa shape index (κ3) is 3.95. The quantitative estimate of drug-likeness (QED) is 0.701. The van der Waals surface area contributed by atoms with Crippen molar-refractivity contribution in [2.45, 2.75) is 37.8 Å². The predicted molar refractivity (Wildman–Crippen MR) is 108 cm³/mol. The molecule has 1 aliphatic rings. The Balaban J connectivity index is 1.34. The fourth-order valence-electron chi connectivity index (χ4n) is 3.64. The van der Waals surface area contributed by atoms with Crippen LogP contribution in [0.4, 0.5) is 5.82 Å². The molecular formula is C21H20ClN5O. The van der Waals surface area contributed by atoms with Crippen LogP contribution in [0.2, 0.25) is 5.02 Å². The lowest BCUT2D eigenvalue weighted by atomic mass is 9.91. The predicted octanol–water partition coefficient (Wildman–Crippen LogP) is 4.01. The molecule has 6 nitrogen and oxygen atoms in total. The lowest BCUT2D eigenvalue weighted by molar-refractivity contribution is 0.0926. The topological polar surface area (TPSA) is 82.2 Å². The van der Waals surface area contributed by atoms with Crippen molar-refractivity contribution < 1.29 is 4.79 Å². The summed E-state index contributed by atoms with van der Waals surface area (Å²) in [5.41, 5.74) is 1.79. The van der Waals surface area contributed by atoms with E-state index in [0.29, 0.717) is 22.3 Å². The zero-order chi connectivity index (χ0) is 19.5. The molecule has 4 rings (SSSR count). The van der Waals surface area contributed by atoms with Crippen LogP contribution in [0.3, 0.4) is 0 Å². The fraction of sp³-hybridized carbons (Fsp3) is 0.286. The summed E-state index contributed by atoms with van der Waals surface area (Å²) in [6, 6.07) is 15.3. The molecule has 3 aromatic rings. The van der Waals surface area contributed by atoms with Crippen molar-refractivity contribution in [3.8, 4) is 6.07 Å². The summed E-state index contributed by atoms with van der Waals surface area (Å²) in [6.07, 6.45) is 5.50. The molecule has 7 heteroatoms. The molecule has 1 fully saturated rings. The number of carbonyl (C=O) groups is 1. The fourth-order valence-corrected chi connectivity index (χ4v) is 3.77. The molecule has 1 amide bonds. The van der Waals surface area contributed by atoms with Crippen LogP contribution in [0.25, 0.3) is 5.65 Å². The minimum absolute atomic E-state index is 0.0553. The van der Waals surface area contributed by atoms with Crippen molar-refractivity contribution in [3.63, 3.8) is 0 Å². The van der Waals surface area contributed by atoms with Crippen LogP contribution in [0.15, 0.2) is 48.7 Å². The van der Waals surface area contributed by atoms with Crippen LogP contribution < -0.4 is 10.6 Å². The second kappa shape index (κ2) is 7.91. The Morgan fingerprint density at radius 3 is 2.54 bits per heavy atom. The second-order valence-electron chi connectivity index (χ2n) is 7.05. The van der Waals surface area contributed by atoms with E-state index in [0.717, 1.165) is 37.1 Å². The Bertz CT molecular complexity index is 1030. The molecule has 0 saturated heterocycles. The van der Waals surface area contributed by atoms with Crippen LogP contribution >= 0.6 is 11.6 Å². The van der Waals surface area contributed by atoms with Crippen LogP contribution in [-0.4, -0.2) is 27.4 Å². The first-order valence-corrected chi connectivity index (χ1v) is 9.71. The van der Waals surface area contributed by atoms with E-state index in [1.165, 1.54) is 0 Å². The van der Waals surface area contributed by atoms with Gasteiger partial charge in [0, 0.05) is 28.9 Å². The van der Waals surface area contributed by atoms with E-state index in [-0.39, 0.29) is 11.9 Å². The minimum Gasteiger partial charge on any atom is -0.368 e. The van der Waals surface area contributed by atoms with Gasteiger partial charge in [0.15, 0.2) is 5.69 Å². The van der Waals surface area contributed by atoms with Crippen LogP contribution in [0.5, 0.6) is 0 Å². The van der Waals surface area contributed by atoms with Crippen LogP contribution in [0.1, 0.15) is 41.7 Å². The highest BCUT2D eigenvalue weighted by molar-refractivity contribution is 6.30. The third-order valence-corrected chi connectivity index (χ3v) is 5.38. The van der Waals surface area contributed by atoms with E-state index in [4.69, 9.17) is 16.9 Å². The molecular weight excluding hydrogens is 374 g/mol. The van der Waals surface area contributed by atoms with Crippen molar-refractivity contribution in [2.24, 2.45) is 0 Å². The number of rotatable bonds is 4. The molecule has 28 heavy (non-hydrogen) atoms. The number of fused-ring (bicyclic) bond motifs is 1. The molecule has 0 radical (unpaired) electrons. The summed E-state index contributed by atoms with van der Waals surface area (Å²) < 4.78 is 1.91. The number of halogens is 1. The lowest BCUT2D eigenvalue weighted by Crippen LogP contribution is -2.40. The number of nitrogens with one attached hydrogen (secondary N) is 2. The maximum Gasteiger partial charge on any atom is 0.251 e. The van der Waals surface area contributed by atoms with Crippen LogP contribution in [-0.2, 0) is 0 Å². The number of aromatic nitrogens is 2. The summed E-state index contributed by atoms with van der Waals surface area (Å²) in [5.74, 6) is 0.875. The van der Waals surface area contributed by atoms with Gasteiger partial charge in [0.05, 0.1) is 0 Å². The van der Waals surface area contributed by atoms with Gasteiger partial charge in [-0.3, -0.25) is 9.20 Å². The maximum absolute atomic E-state index is 12.4. The zero-order valence-corrected chi connectivity index (χ0v) is 16.0. The number of hydrogen-bond acceptors (Lipinski definition) is 4. The van der Waals surface area contributed by atoms with E-state index in [2.05, 4.69) is 21.7 Å². The Morgan fingerprint density at radius 1 is 1.11 bits per heavy atom. The van der Waals surface area contributed by atoms with Gasteiger partial charge in [-0.2, -0.15) is 5.26 Å². The van der Waals surface area contributed by atoms with Crippen LogP contribution in [0, 0.1) is 11.3 Å². The van der Waals surface area contributed by atoms with Gasteiger partial charge < -0.3 is 10.6 Å². The smallest absolute Gasteiger partial charge is 0.251 e. The van der Waals surface area contributed by atoms with Gasteiger partial charge >= 0.3 is 0 Å². The Labute approximate surface area is 168 Å². The van der Waals surface area contributed by atoms with E-state index in [1.54, 1.807) is 30.5 Å². The number of hydrogen-bond donors (Lipinski definition) is 2. The molecule has 0 aliphatic heterocycles. The van der Waals surface area contributed by atoms with E-state index < -0.39 is 0 Å². The molecule has 0 bridgehead atoms. The van der Waals surface area contributed by atoms with Crippen molar-refractivity contribution in [3.05, 3.63) is 64.9 Å². The van der Waals surface area contributed by atoms with Gasteiger partial charge in [0.2, 0.25) is 0 Å². The third-order valence-electron chi connectivity index (χ3n) is 5.13. The molecule has 0 spiro atoms. The van der Waals surface area contributed by atoms with Crippen molar-refractivity contribution in [1.82, 2.24) is 14.7 Å². The molecule has 142 valence electrons. The van der Waals surface area contributed by atoms with Gasteiger partial charge in [-0.25, -0.2) is 4.98 Å². The number of pyridine rings is 1. The van der Waals surface area contributed by atoms with Gasteiger partial charge in [-0.05, 0) is 62.1 Å². The minimum atomic E-state index is -0.0553. The summed E-state index contributed by atoms with van der Waals surface area (Å²) >= 11 is 5.88. The molecule has 2 heterocycles. The number of nitrogens with zero attached hydrogens (tertiary/aromatic N) is 3. The summed E-state index contributed by atoms with van der Waals surface area (Å²) in [7, 11) is 0. The molecule has 2 N–H and O–H groups in total. The second-order valence-corrected chi connectivity index (χ2v) is 7.49. The normalized spacial score (nSPS) is 19.1. The molecule has 1 aliphatic carbocycles. The number of nitriles is 1. The number of carbonyl (C=O) groups excluding carboxylic acids is 1. The highest BCUT2D eigenvalue weighted by Crippen LogP contribution is 2.23. The Kier molecular flexibility index (Phi) is 5.18. The largest absolute Gasteiger partial charge is 0.368 e.